The van der Waals surface area contributed by atoms with Crippen LogP contribution >= 0.6 is 0 Å². The Morgan fingerprint density at radius 2 is 1.88 bits per heavy atom. The first-order chi connectivity index (χ1) is 12.4. The van der Waals surface area contributed by atoms with Crippen LogP contribution in [0.4, 0.5) is 0 Å². The lowest BCUT2D eigenvalue weighted by Crippen LogP contribution is -2.33. The Hall–Kier alpha value is -1.44. The highest BCUT2D eigenvalue weighted by Crippen LogP contribution is 2.27. The second kappa shape index (κ2) is 7.66. The zero-order valence-electron chi connectivity index (χ0n) is 16.3. The highest BCUT2D eigenvalue weighted by atomic mass is 32.2. The largest absolute Gasteiger partial charge is 0.327 e. The van der Waals surface area contributed by atoms with Crippen LogP contribution in [0.2, 0.25) is 0 Å². The molecule has 1 aromatic heterocycles. The van der Waals surface area contributed by atoms with E-state index in [-0.39, 0.29) is 0 Å². The summed E-state index contributed by atoms with van der Waals surface area (Å²) < 4.78 is 28.3. The molecule has 1 aromatic carbocycles. The molecule has 0 N–H and O–H groups in total. The monoisotopic (exact) mass is 378 g/mol. The first kappa shape index (κ1) is 19.3. The van der Waals surface area contributed by atoms with Gasteiger partial charge in [0.1, 0.15) is 5.82 Å². The van der Waals surface area contributed by atoms with Crippen molar-refractivity contribution >= 4 is 21.1 Å². The zero-order chi connectivity index (χ0) is 18.9. The fraction of sp³-hybridized carbons (Fsp3) is 0.632. The Labute approximate surface area is 156 Å². The molecule has 1 fully saturated rings. The fourth-order valence-electron chi connectivity index (χ4n) is 3.95. The third-order valence-corrected chi connectivity index (χ3v) is 7.30. The number of imidazole rings is 1. The van der Waals surface area contributed by atoms with E-state index < -0.39 is 10.0 Å². The minimum Gasteiger partial charge on any atom is -0.327 e. The van der Waals surface area contributed by atoms with Gasteiger partial charge in [-0.05, 0) is 44.5 Å². The number of hydrogen-bond acceptors (Lipinski definition) is 4. The predicted octanol–water partition coefficient (Wildman–Crippen LogP) is 3.07. The van der Waals surface area contributed by atoms with E-state index in [1.807, 2.05) is 6.07 Å². The van der Waals surface area contributed by atoms with Gasteiger partial charge in [-0.15, -0.1) is 0 Å². The van der Waals surface area contributed by atoms with E-state index in [2.05, 4.69) is 23.3 Å². The summed E-state index contributed by atoms with van der Waals surface area (Å²) in [7, 11) is -0.342. The van der Waals surface area contributed by atoms with Crippen molar-refractivity contribution in [2.45, 2.75) is 63.6 Å². The lowest BCUT2D eigenvalue weighted by Gasteiger charge is -2.27. The minimum absolute atomic E-state index is 0.297. The summed E-state index contributed by atoms with van der Waals surface area (Å²) in [5.41, 5.74) is 1.76. The number of benzene rings is 1. The van der Waals surface area contributed by atoms with Gasteiger partial charge in [0, 0.05) is 26.7 Å². The van der Waals surface area contributed by atoms with Crippen molar-refractivity contribution < 1.29 is 8.42 Å². The molecule has 0 bridgehead atoms. The normalized spacial score (nSPS) is 16.4. The lowest BCUT2D eigenvalue weighted by molar-refractivity contribution is 0.193. The van der Waals surface area contributed by atoms with Gasteiger partial charge in [-0.2, -0.15) is 0 Å². The number of aromatic nitrogens is 2. The van der Waals surface area contributed by atoms with Crippen LogP contribution in [0, 0.1) is 0 Å². The highest BCUT2D eigenvalue weighted by Gasteiger charge is 2.24. The molecule has 0 saturated heterocycles. The van der Waals surface area contributed by atoms with Crippen LogP contribution in [0.5, 0.6) is 0 Å². The maximum absolute atomic E-state index is 12.4. The molecule has 7 heteroatoms. The Morgan fingerprint density at radius 1 is 1.19 bits per heavy atom. The van der Waals surface area contributed by atoms with Crippen LogP contribution in [-0.2, 0) is 23.1 Å². The van der Waals surface area contributed by atoms with Gasteiger partial charge in [0.2, 0.25) is 10.0 Å². The molecule has 6 nitrogen and oxygen atoms in total. The molecule has 144 valence electrons. The van der Waals surface area contributed by atoms with Gasteiger partial charge < -0.3 is 4.57 Å². The van der Waals surface area contributed by atoms with Crippen molar-refractivity contribution in [3.8, 4) is 0 Å². The van der Waals surface area contributed by atoms with Crippen LogP contribution in [0.15, 0.2) is 23.1 Å². The maximum atomic E-state index is 12.4. The Balaban J connectivity index is 1.98. The summed E-state index contributed by atoms with van der Waals surface area (Å²) in [6.07, 6.45) is 5.17. The number of aryl methyl sites for hydroxylation is 1. The first-order valence-corrected chi connectivity index (χ1v) is 11.0. The lowest BCUT2D eigenvalue weighted by atomic mass is 10.2. The quantitative estimate of drug-likeness (QED) is 0.743. The van der Waals surface area contributed by atoms with E-state index >= 15 is 0 Å². The van der Waals surface area contributed by atoms with E-state index in [1.165, 1.54) is 30.0 Å². The number of nitrogens with zero attached hydrogens (tertiary/aromatic N) is 4. The summed E-state index contributed by atoms with van der Waals surface area (Å²) in [6.45, 7) is 6.98. The molecule has 0 atom stereocenters. The number of hydrogen-bond donors (Lipinski definition) is 0. The predicted molar refractivity (Wildman–Crippen MR) is 105 cm³/mol. The highest BCUT2D eigenvalue weighted by molar-refractivity contribution is 7.89. The standard InChI is InChI=1S/C19H30N4O2S/c1-5-22(15-9-7-8-10-15)14-19-20-17-13-16(26(24,25)21(3)4)11-12-18(17)23(19)6-2/h11-13,15H,5-10,14H2,1-4H3. The number of fused-ring (bicyclic) bond motifs is 1. The minimum atomic E-state index is -3.45. The molecule has 1 saturated carbocycles. The van der Waals surface area contributed by atoms with E-state index in [9.17, 15) is 8.42 Å². The third-order valence-electron chi connectivity index (χ3n) is 5.49. The zero-order valence-corrected chi connectivity index (χ0v) is 17.1. The van der Waals surface area contributed by atoms with Crippen molar-refractivity contribution in [1.29, 1.82) is 0 Å². The number of rotatable bonds is 7. The average Bonchev–Trinajstić information content (AvgIpc) is 3.25. The average molecular weight is 379 g/mol. The summed E-state index contributed by atoms with van der Waals surface area (Å²) in [5.74, 6) is 1.02. The Bertz CT molecular complexity index is 867. The van der Waals surface area contributed by atoms with Crippen LogP contribution in [-0.4, -0.2) is 53.9 Å². The smallest absolute Gasteiger partial charge is 0.242 e. The van der Waals surface area contributed by atoms with Crippen molar-refractivity contribution in [2.24, 2.45) is 0 Å². The summed E-state index contributed by atoms with van der Waals surface area (Å²) in [6, 6.07) is 5.92. The summed E-state index contributed by atoms with van der Waals surface area (Å²) >= 11 is 0. The molecule has 1 aliphatic carbocycles. The van der Waals surface area contributed by atoms with E-state index in [0.29, 0.717) is 10.9 Å². The molecular weight excluding hydrogens is 348 g/mol. The van der Waals surface area contributed by atoms with Gasteiger partial charge in [-0.25, -0.2) is 17.7 Å². The fourth-order valence-corrected chi connectivity index (χ4v) is 4.88. The third kappa shape index (κ3) is 3.52. The molecule has 1 heterocycles. The van der Waals surface area contributed by atoms with Crippen molar-refractivity contribution in [3.05, 3.63) is 24.0 Å². The maximum Gasteiger partial charge on any atom is 0.242 e. The molecule has 0 amide bonds. The molecular formula is C19H30N4O2S. The van der Waals surface area contributed by atoms with E-state index in [1.54, 1.807) is 26.2 Å². The molecule has 0 aliphatic heterocycles. The summed E-state index contributed by atoms with van der Waals surface area (Å²) in [5, 5.41) is 0. The van der Waals surface area contributed by atoms with Gasteiger partial charge in [-0.3, -0.25) is 4.90 Å². The molecule has 26 heavy (non-hydrogen) atoms. The topological polar surface area (TPSA) is 58.4 Å². The second-order valence-electron chi connectivity index (χ2n) is 7.21. The number of sulfonamides is 1. The molecule has 1 aliphatic rings. The van der Waals surface area contributed by atoms with Gasteiger partial charge >= 0.3 is 0 Å². The molecule has 3 rings (SSSR count). The summed E-state index contributed by atoms with van der Waals surface area (Å²) in [4.78, 5) is 7.62. The van der Waals surface area contributed by atoms with Crippen molar-refractivity contribution in [2.75, 3.05) is 20.6 Å². The van der Waals surface area contributed by atoms with Crippen LogP contribution in [0.1, 0.15) is 45.4 Å². The molecule has 0 unspecified atom stereocenters. The van der Waals surface area contributed by atoms with E-state index in [0.717, 1.165) is 36.5 Å². The SMILES string of the molecule is CCN(Cc1nc2cc(S(=O)(=O)N(C)C)ccc2n1CC)C1CCCC1. The van der Waals surface area contributed by atoms with Gasteiger partial charge in [0.05, 0.1) is 22.5 Å². The molecule has 0 spiro atoms. The Kier molecular flexibility index (Phi) is 5.69. The van der Waals surface area contributed by atoms with Crippen LogP contribution < -0.4 is 0 Å². The Morgan fingerprint density at radius 3 is 2.46 bits per heavy atom. The van der Waals surface area contributed by atoms with Gasteiger partial charge in [-0.1, -0.05) is 19.8 Å². The molecule has 0 radical (unpaired) electrons. The van der Waals surface area contributed by atoms with Crippen LogP contribution in [0.25, 0.3) is 11.0 Å². The van der Waals surface area contributed by atoms with Crippen molar-refractivity contribution in [3.63, 3.8) is 0 Å². The van der Waals surface area contributed by atoms with Gasteiger partial charge in [0.15, 0.2) is 0 Å². The van der Waals surface area contributed by atoms with E-state index in [4.69, 9.17) is 4.98 Å². The first-order valence-electron chi connectivity index (χ1n) is 9.54. The van der Waals surface area contributed by atoms with Crippen LogP contribution in [0.3, 0.4) is 0 Å². The van der Waals surface area contributed by atoms with Gasteiger partial charge in [0.25, 0.3) is 0 Å². The molecule has 2 aromatic rings. The second-order valence-corrected chi connectivity index (χ2v) is 9.36. The van der Waals surface area contributed by atoms with Crippen molar-refractivity contribution in [1.82, 2.24) is 18.8 Å².